The summed E-state index contributed by atoms with van der Waals surface area (Å²) in [6.07, 6.45) is -0.184. The zero-order chi connectivity index (χ0) is 27.8. The van der Waals surface area contributed by atoms with Crippen molar-refractivity contribution in [1.29, 1.82) is 0 Å². The van der Waals surface area contributed by atoms with Crippen molar-refractivity contribution in [2.75, 3.05) is 25.2 Å². The average molecular weight is 579 g/mol. The Morgan fingerprint density at radius 2 is 1.95 bits per heavy atom. The zero-order valence-corrected chi connectivity index (χ0v) is 24.9. The Kier molecular flexibility index (Phi) is 8.90. The summed E-state index contributed by atoms with van der Waals surface area (Å²) in [5.74, 6) is -0.469. The van der Waals surface area contributed by atoms with Crippen molar-refractivity contribution in [2.24, 2.45) is 5.73 Å². The van der Waals surface area contributed by atoms with Crippen molar-refractivity contribution in [1.82, 2.24) is 25.1 Å². The van der Waals surface area contributed by atoms with Gasteiger partial charge in [-0.3, -0.25) is 20.0 Å². The van der Waals surface area contributed by atoms with E-state index in [4.69, 9.17) is 24.3 Å². The van der Waals surface area contributed by atoms with E-state index in [9.17, 15) is 14.2 Å². The smallest absolute Gasteiger partial charge is 0.355 e. The fourth-order valence-electron chi connectivity index (χ4n) is 3.64. The SMILES string of the molecule is CCOP(=O)(Cn1nnnc1SCC1=C(C(=O)OC(C)(C)C)N2C(=O)[C@](N)(OC)[C@H]2SC1)OC(C)(C)C. The van der Waals surface area contributed by atoms with Gasteiger partial charge >= 0.3 is 13.6 Å². The Morgan fingerprint density at radius 3 is 2.51 bits per heavy atom. The molecular weight excluding hydrogens is 543 g/mol. The third-order valence-electron chi connectivity index (χ3n) is 5.00. The van der Waals surface area contributed by atoms with Crippen LogP contribution in [0, 0.1) is 0 Å². The second-order valence-electron chi connectivity index (χ2n) is 10.4. The zero-order valence-electron chi connectivity index (χ0n) is 22.3. The lowest BCUT2D eigenvalue weighted by Crippen LogP contribution is -2.78. The summed E-state index contributed by atoms with van der Waals surface area (Å²) in [6.45, 7) is 12.5. The van der Waals surface area contributed by atoms with E-state index < -0.39 is 41.8 Å². The molecule has 13 nitrogen and oxygen atoms in total. The largest absolute Gasteiger partial charge is 0.455 e. The van der Waals surface area contributed by atoms with E-state index in [1.54, 1.807) is 48.5 Å². The Bertz CT molecular complexity index is 1120. The number of nitrogens with two attached hydrogens (primary N) is 1. The quantitative estimate of drug-likeness (QED) is 0.142. The fraction of sp³-hybridized carbons (Fsp3) is 0.762. The molecular formula is C21H35N6O7PS2. The van der Waals surface area contributed by atoms with Crippen molar-refractivity contribution in [3.63, 3.8) is 0 Å². The summed E-state index contributed by atoms with van der Waals surface area (Å²) in [6, 6.07) is 0. The van der Waals surface area contributed by atoms with Gasteiger partial charge in [-0.1, -0.05) is 11.8 Å². The number of thioether (sulfide) groups is 2. The predicted molar refractivity (Wildman–Crippen MR) is 139 cm³/mol. The summed E-state index contributed by atoms with van der Waals surface area (Å²) in [4.78, 5) is 27.4. The van der Waals surface area contributed by atoms with Gasteiger partial charge in [-0.05, 0) is 64.5 Å². The van der Waals surface area contributed by atoms with E-state index in [1.165, 1.54) is 40.2 Å². The third-order valence-corrected chi connectivity index (χ3v) is 9.52. The molecule has 1 unspecified atom stereocenters. The van der Waals surface area contributed by atoms with Gasteiger partial charge in [-0.25, -0.2) is 9.48 Å². The second kappa shape index (κ2) is 10.9. The molecule has 2 N–H and O–H groups in total. The summed E-state index contributed by atoms with van der Waals surface area (Å²) in [7, 11) is -2.20. The number of esters is 1. The maximum atomic E-state index is 13.3. The minimum absolute atomic E-state index is 0.143. The monoisotopic (exact) mass is 578 g/mol. The minimum Gasteiger partial charge on any atom is -0.455 e. The van der Waals surface area contributed by atoms with E-state index in [0.29, 0.717) is 16.5 Å². The highest BCUT2D eigenvalue weighted by molar-refractivity contribution is 8.01. The number of hydrogen-bond donors (Lipinski definition) is 1. The molecule has 3 heterocycles. The second-order valence-corrected chi connectivity index (χ2v) is 14.4. The van der Waals surface area contributed by atoms with E-state index in [2.05, 4.69) is 15.5 Å². The fourth-order valence-corrected chi connectivity index (χ4v) is 8.09. The van der Waals surface area contributed by atoms with Crippen LogP contribution in [0.1, 0.15) is 48.5 Å². The first-order chi connectivity index (χ1) is 17.0. The van der Waals surface area contributed by atoms with Crippen LogP contribution in [0.2, 0.25) is 0 Å². The van der Waals surface area contributed by atoms with Crippen molar-refractivity contribution in [2.45, 2.75) is 82.2 Å². The number of methoxy groups -OCH3 is 1. The van der Waals surface area contributed by atoms with Gasteiger partial charge < -0.3 is 18.5 Å². The van der Waals surface area contributed by atoms with Gasteiger partial charge in [0.1, 0.15) is 23.0 Å². The third kappa shape index (κ3) is 6.75. The Labute approximate surface area is 225 Å². The molecule has 0 aliphatic carbocycles. The van der Waals surface area contributed by atoms with Gasteiger partial charge in [-0.2, -0.15) is 0 Å². The van der Waals surface area contributed by atoms with E-state index in [0.717, 1.165) is 0 Å². The minimum atomic E-state index is -3.56. The Morgan fingerprint density at radius 1 is 1.27 bits per heavy atom. The van der Waals surface area contributed by atoms with Crippen molar-refractivity contribution < 1.29 is 32.7 Å². The molecule has 208 valence electrons. The first kappa shape index (κ1) is 30.1. The maximum Gasteiger partial charge on any atom is 0.355 e. The number of carbonyl (C=O) groups is 2. The number of fused-ring (bicyclic) bond motifs is 1. The lowest BCUT2D eigenvalue weighted by molar-refractivity contribution is -0.184. The lowest BCUT2D eigenvalue weighted by atomic mass is 9.99. The number of ether oxygens (including phenoxy) is 2. The van der Waals surface area contributed by atoms with Crippen LogP contribution >= 0.6 is 31.1 Å². The lowest BCUT2D eigenvalue weighted by Gasteiger charge is -2.54. The number of β-lactam (4-membered cyclic amide) rings is 1. The molecule has 0 saturated carbocycles. The molecule has 2 aliphatic rings. The van der Waals surface area contributed by atoms with Crippen molar-refractivity contribution >= 4 is 43.0 Å². The number of carbonyl (C=O) groups excluding carboxylic acids is 2. The highest BCUT2D eigenvalue weighted by Crippen LogP contribution is 2.53. The number of aromatic nitrogens is 4. The molecule has 0 aromatic carbocycles. The molecule has 0 spiro atoms. The van der Waals surface area contributed by atoms with E-state index in [-0.39, 0.29) is 24.3 Å². The van der Waals surface area contributed by atoms with Gasteiger partial charge in [-0.15, -0.1) is 16.9 Å². The standard InChI is InChI=1S/C21H35N6O7PS2/c1-9-32-35(30,34-20(5,6)7)12-26-18(23-24-25-26)37-11-13-10-36-17-21(22,31-8)16(29)27(17)14(13)15(28)33-19(2,3)4/h17H,9-12,22H2,1-8H3/t17-,21+,35?/m1/s1. The summed E-state index contributed by atoms with van der Waals surface area (Å²) >= 11 is 2.62. The first-order valence-corrected chi connectivity index (χ1v) is 15.4. The van der Waals surface area contributed by atoms with Crippen molar-refractivity contribution in [3.05, 3.63) is 11.3 Å². The van der Waals surface area contributed by atoms with Gasteiger partial charge in [0.15, 0.2) is 0 Å². The van der Waals surface area contributed by atoms with Crippen LogP contribution in [0.4, 0.5) is 0 Å². The Balaban J connectivity index is 1.86. The molecule has 1 fully saturated rings. The van der Waals surface area contributed by atoms with Crippen LogP contribution in [-0.2, 0) is 39.0 Å². The molecule has 1 saturated heterocycles. The van der Waals surface area contributed by atoms with Crippen LogP contribution in [-0.4, -0.2) is 84.5 Å². The number of hydrogen-bond acceptors (Lipinski definition) is 13. The van der Waals surface area contributed by atoms with Crippen LogP contribution in [0.5, 0.6) is 0 Å². The van der Waals surface area contributed by atoms with Crippen molar-refractivity contribution in [3.8, 4) is 0 Å². The number of amides is 1. The highest BCUT2D eigenvalue weighted by atomic mass is 32.2. The summed E-state index contributed by atoms with van der Waals surface area (Å²) < 4.78 is 36.7. The molecule has 37 heavy (non-hydrogen) atoms. The van der Waals surface area contributed by atoms with Crippen LogP contribution in [0.3, 0.4) is 0 Å². The van der Waals surface area contributed by atoms with E-state index in [1.807, 2.05) is 0 Å². The van der Waals surface area contributed by atoms with Crippen LogP contribution in [0.25, 0.3) is 0 Å². The average Bonchev–Trinajstić information content (AvgIpc) is 3.19. The topological polar surface area (TPSA) is 161 Å². The Hall–Kier alpha value is -1.48. The molecule has 3 rings (SSSR count). The van der Waals surface area contributed by atoms with Gasteiger partial charge in [0.2, 0.25) is 10.9 Å². The van der Waals surface area contributed by atoms with Gasteiger partial charge in [0.25, 0.3) is 5.91 Å². The molecule has 3 atom stereocenters. The van der Waals surface area contributed by atoms with E-state index >= 15 is 0 Å². The maximum absolute atomic E-state index is 13.3. The highest BCUT2D eigenvalue weighted by Gasteiger charge is 2.63. The molecule has 1 aromatic heterocycles. The normalized spacial score (nSPS) is 24.0. The number of nitrogens with zero attached hydrogens (tertiary/aromatic N) is 5. The van der Waals surface area contributed by atoms with Crippen LogP contribution < -0.4 is 5.73 Å². The summed E-state index contributed by atoms with van der Waals surface area (Å²) in [5.41, 5.74) is 3.95. The molecule has 16 heteroatoms. The summed E-state index contributed by atoms with van der Waals surface area (Å²) in [5, 5.41) is 11.5. The molecule has 0 bridgehead atoms. The predicted octanol–water partition coefficient (Wildman–Crippen LogP) is 2.58. The molecule has 1 aromatic rings. The molecule has 2 aliphatic heterocycles. The number of tetrazole rings is 1. The van der Waals surface area contributed by atoms with Gasteiger partial charge in [0, 0.05) is 18.6 Å². The number of rotatable bonds is 10. The van der Waals surface area contributed by atoms with Gasteiger partial charge in [0.05, 0.1) is 12.2 Å². The first-order valence-electron chi connectivity index (χ1n) is 11.6. The van der Waals surface area contributed by atoms with Crippen LogP contribution in [0.15, 0.2) is 16.4 Å². The molecule has 1 amide bonds. The molecule has 0 radical (unpaired) electrons.